The van der Waals surface area contributed by atoms with E-state index in [9.17, 15) is 9.59 Å². The number of methoxy groups -OCH3 is 3. The molecule has 2 saturated heterocycles. The number of aromatic nitrogens is 2. The Morgan fingerprint density at radius 3 is 2.26 bits per heavy atom. The van der Waals surface area contributed by atoms with Gasteiger partial charge in [-0.3, -0.25) is 9.59 Å². The molecule has 0 spiro atoms. The van der Waals surface area contributed by atoms with Gasteiger partial charge in [-0.1, -0.05) is 0 Å². The van der Waals surface area contributed by atoms with Gasteiger partial charge in [0.1, 0.15) is 23.8 Å². The molecule has 2 aromatic carbocycles. The number of nitrogens with zero attached hydrogens (tertiary/aromatic N) is 5. The Bertz CT molecular complexity index is 1350. The van der Waals surface area contributed by atoms with Gasteiger partial charge in [-0.2, -0.15) is 0 Å². The molecular weight excluding hydrogens is 538 g/mol. The summed E-state index contributed by atoms with van der Waals surface area (Å²) in [5.41, 5.74) is 2.03. The van der Waals surface area contributed by atoms with Crippen LogP contribution in [0.25, 0.3) is 11.3 Å². The molecule has 2 aliphatic heterocycles. The molecular formula is C31H37N5O6. The van der Waals surface area contributed by atoms with Crippen molar-refractivity contribution < 1.29 is 28.5 Å². The Morgan fingerprint density at radius 1 is 0.905 bits per heavy atom. The molecule has 2 fully saturated rings. The van der Waals surface area contributed by atoms with E-state index in [1.54, 1.807) is 50.5 Å². The van der Waals surface area contributed by atoms with E-state index in [1.807, 2.05) is 35.2 Å². The summed E-state index contributed by atoms with van der Waals surface area (Å²) < 4.78 is 21.8. The zero-order chi connectivity index (χ0) is 29.5. The van der Waals surface area contributed by atoms with Gasteiger partial charge in [0.15, 0.2) is 5.82 Å². The molecule has 3 heterocycles. The number of amides is 2. The number of benzene rings is 2. The Balaban J connectivity index is 1.20. The number of carbonyl (C=O) groups is 2. The summed E-state index contributed by atoms with van der Waals surface area (Å²) in [4.78, 5) is 32.3. The Morgan fingerprint density at radius 2 is 1.64 bits per heavy atom. The van der Waals surface area contributed by atoms with Crippen LogP contribution in [0.3, 0.4) is 0 Å². The molecule has 222 valence electrons. The van der Waals surface area contributed by atoms with E-state index in [0.717, 1.165) is 24.2 Å². The smallest absolute Gasteiger partial charge is 0.254 e. The fraction of sp³-hybridized carbons (Fsp3) is 0.419. The van der Waals surface area contributed by atoms with E-state index >= 15 is 0 Å². The van der Waals surface area contributed by atoms with Gasteiger partial charge >= 0.3 is 0 Å². The Labute approximate surface area is 245 Å². The average Bonchev–Trinajstić information content (AvgIpc) is 3.57. The zero-order valence-corrected chi connectivity index (χ0v) is 24.3. The second-order valence-corrected chi connectivity index (χ2v) is 10.3. The van der Waals surface area contributed by atoms with Crippen LogP contribution < -0.4 is 19.1 Å². The molecule has 42 heavy (non-hydrogen) atoms. The highest BCUT2D eigenvalue weighted by atomic mass is 16.5. The third-order valence-corrected chi connectivity index (χ3v) is 7.69. The van der Waals surface area contributed by atoms with Gasteiger partial charge in [0, 0.05) is 56.5 Å². The van der Waals surface area contributed by atoms with Crippen molar-refractivity contribution in [3.63, 3.8) is 0 Å². The first kappa shape index (κ1) is 29.1. The van der Waals surface area contributed by atoms with Gasteiger partial charge in [0.2, 0.25) is 5.91 Å². The maximum atomic E-state index is 13.4. The zero-order valence-electron chi connectivity index (χ0n) is 24.3. The molecule has 5 rings (SSSR count). The van der Waals surface area contributed by atoms with Crippen molar-refractivity contribution in [1.29, 1.82) is 0 Å². The van der Waals surface area contributed by atoms with Gasteiger partial charge in [-0.25, -0.2) is 0 Å². The Hall–Kier alpha value is -4.38. The van der Waals surface area contributed by atoms with Gasteiger partial charge in [-0.15, -0.1) is 10.2 Å². The van der Waals surface area contributed by atoms with Crippen LogP contribution >= 0.6 is 0 Å². The third-order valence-electron chi connectivity index (χ3n) is 7.69. The van der Waals surface area contributed by atoms with E-state index in [0.29, 0.717) is 67.8 Å². The first-order valence-electron chi connectivity index (χ1n) is 14.1. The van der Waals surface area contributed by atoms with Crippen LogP contribution in [0, 0.1) is 0 Å². The lowest BCUT2D eigenvalue weighted by Crippen LogP contribution is -2.52. The normalized spacial score (nSPS) is 16.7. The van der Waals surface area contributed by atoms with E-state index < -0.39 is 0 Å². The van der Waals surface area contributed by atoms with Crippen molar-refractivity contribution in [2.75, 3.05) is 72.1 Å². The SMILES string of the molecule is COc1ccc(C(=O)N(CC(=O)N2CCN(c3ccc(-c4ccc(OC)cc4OC)nn3)CC2)C[C@@H]2CCCO2)cc1. The topological polar surface area (TPSA) is 107 Å². The average molecular weight is 576 g/mol. The van der Waals surface area contributed by atoms with Crippen molar-refractivity contribution >= 4 is 17.6 Å². The van der Waals surface area contributed by atoms with E-state index in [-0.39, 0.29) is 24.5 Å². The highest BCUT2D eigenvalue weighted by Gasteiger charge is 2.29. The van der Waals surface area contributed by atoms with Crippen molar-refractivity contribution in [3.8, 4) is 28.5 Å². The lowest BCUT2D eigenvalue weighted by atomic mass is 10.1. The summed E-state index contributed by atoms with van der Waals surface area (Å²) in [6, 6.07) is 16.4. The van der Waals surface area contributed by atoms with Crippen LogP contribution in [-0.4, -0.2) is 105 Å². The van der Waals surface area contributed by atoms with Crippen molar-refractivity contribution in [1.82, 2.24) is 20.0 Å². The molecule has 0 saturated carbocycles. The van der Waals surface area contributed by atoms with Crippen LogP contribution in [0.5, 0.6) is 17.2 Å². The number of ether oxygens (including phenoxy) is 4. The lowest BCUT2D eigenvalue weighted by molar-refractivity contribution is -0.132. The van der Waals surface area contributed by atoms with Crippen LogP contribution in [-0.2, 0) is 9.53 Å². The van der Waals surface area contributed by atoms with E-state index in [1.165, 1.54) is 0 Å². The molecule has 0 aliphatic carbocycles. The molecule has 11 heteroatoms. The fourth-order valence-corrected chi connectivity index (χ4v) is 5.27. The molecule has 3 aromatic rings. The van der Waals surface area contributed by atoms with Gasteiger partial charge in [-0.05, 0) is 61.4 Å². The monoisotopic (exact) mass is 575 g/mol. The predicted molar refractivity (Wildman–Crippen MR) is 157 cm³/mol. The molecule has 2 amide bonds. The number of anilines is 1. The summed E-state index contributed by atoms with van der Waals surface area (Å²) in [6.07, 6.45) is 1.78. The van der Waals surface area contributed by atoms with Crippen LogP contribution in [0.1, 0.15) is 23.2 Å². The Kier molecular flexibility index (Phi) is 9.38. The molecule has 0 N–H and O–H groups in total. The van der Waals surface area contributed by atoms with Crippen LogP contribution in [0.4, 0.5) is 5.82 Å². The molecule has 1 aromatic heterocycles. The van der Waals surface area contributed by atoms with Crippen molar-refractivity contribution in [2.24, 2.45) is 0 Å². The number of carbonyl (C=O) groups excluding carboxylic acids is 2. The number of hydrogen-bond acceptors (Lipinski definition) is 9. The van der Waals surface area contributed by atoms with Crippen LogP contribution in [0.15, 0.2) is 54.6 Å². The van der Waals surface area contributed by atoms with Gasteiger partial charge in [0.05, 0.1) is 33.1 Å². The highest BCUT2D eigenvalue weighted by Crippen LogP contribution is 2.32. The summed E-state index contributed by atoms with van der Waals surface area (Å²) >= 11 is 0. The molecule has 1 atom stereocenters. The summed E-state index contributed by atoms with van der Waals surface area (Å²) in [5.74, 6) is 2.50. The van der Waals surface area contributed by atoms with Gasteiger partial charge < -0.3 is 33.6 Å². The number of piperazine rings is 1. The van der Waals surface area contributed by atoms with Crippen molar-refractivity contribution in [3.05, 3.63) is 60.2 Å². The highest BCUT2D eigenvalue weighted by molar-refractivity contribution is 5.96. The number of hydrogen-bond donors (Lipinski definition) is 0. The maximum absolute atomic E-state index is 13.4. The summed E-state index contributed by atoms with van der Waals surface area (Å²) in [6.45, 7) is 3.36. The van der Waals surface area contributed by atoms with E-state index in [2.05, 4.69) is 15.1 Å². The summed E-state index contributed by atoms with van der Waals surface area (Å²) in [7, 11) is 4.80. The standard InChI is InChI=1S/C31H37N5O6/c1-39-23-8-6-22(7-9-23)31(38)36(20-25-5-4-18-42-25)21-30(37)35-16-14-34(15-17-35)29-13-12-27(32-33-29)26-11-10-24(40-2)19-28(26)41-3/h6-13,19,25H,4-5,14-18,20-21H2,1-3H3/t25-/m0/s1. The maximum Gasteiger partial charge on any atom is 0.254 e. The first-order valence-corrected chi connectivity index (χ1v) is 14.1. The quantitative estimate of drug-likeness (QED) is 0.360. The minimum absolute atomic E-state index is 0.00290. The molecule has 0 unspecified atom stereocenters. The second kappa shape index (κ2) is 13.5. The van der Waals surface area contributed by atoms with Gasteiger partial charge in [0.25, 0.3) is 5.91 Å². The third kappa shape index (κ3) is 6.73. The van der Waals surface area contributed by atoms with Crippen LogP contribution in [0.2, 0.25) is 0 Å². The minimum Gasteiger partial charge on any atom is -0.497 e. The molecule has 0 bridgehead atoms. The largest absolute Gasteiger partial charge is 0.497 e. The number of rotatable bonds is 10. The summed E-state index contributed by atoms with van der Waals surface area (Å²) in [5, 5.41) is 8.88. The fourth-order valence-electron chi connectivity index (χ4n) is 5.27. The second-order valence-electron chi connectivity index (χ2n) is 10.3. The molecule has 11 nitrogen and oxygen atoms in total. The predicted octanol–water partition coefficient (Wildman–Crippen LogP) is 3.14. The van der Waals surface area contributed by atoms with Crippen molar-refractivity contribution in [2.45, 2.75) is 18.9 Å². The van der Waals surface area contributed by atoms with E-state index in [4.69, 9.17) is 18.9 Å². The minimum atomic E-state index is -0.191. The first-order chi connectivity index (χ1) is 20.5. The molecule has 0 radical (unpaired) electrons. The molecule has 2 aliphatic rings. The lowest BCUT2D eigenvalue weighted by Gasteiger charge is -2.36.